The van der Waals surface area contributed by atoms with Crippen molar-refractivity contribution in [1.29, 1.82) is 0 Å². The lowest BCUT2D eigenvalue weighted by molar-refractivity contribution is -0.137. The molecule has 0 aromatic carbocycles. The van der Waals surface area contributed by atoms with E-state index in [-0.39, 0.29) is 18.4 Å². The molecule has 3 rings (SSSR count). The third-order valence-electron chi connectivity index (χ3n) is 4.61. The van der Waals surface area contributed by atoms with Gasteiger partial charge in [-0.25, -0.2) is 15.0 Å². The van der Waals surface area contributed by atoms with Crippen LogP contribution in [0.2, 0.25) is 0 Å². The number of hydrogen-bond donors (Lipinski definition) is 1. The lowest BCUT2D eigenvalue weighted by Gasteiger charge is -2.33. The lowest BCUT2D eigenvalue weighted by atomic mass is 9.96. The second-order valence-electron chi connectivity index (χ2n) is 6.81. The minimum atomic E-state index is -4.57. The van der Waals surface area contributed by atoms with Crippen LogP contribution in [0.3, 0.4) is 0 Å². The number of pyridine rings is 1. The van der Waals surface area contributed by atoms with Crippen LogP contribution in [-0.2, 0) is 16.4 Å². The minimum absolute atomic E-state index is 0.0284. The summed E-state index contributed by atoms with van der Waals surface area (Å²) in [6.07, 6.45) is -0.526. The average molecular weight is 430 g/mol. The van der Waals surface area contributed by atoms with E-state index in [9.17, 15) is 21.6 Å². The fourth-order valence-electron chi connectivity index (χ4n) is 3.12. The summed E-state index contributed by atoms with van der Waals surface area (Å²) in [5.41, 5.74) is -0.361. The third kappa shape index (κ3) is 4.82. The highest BCUT2D eigenvalue weighted by Crippen LogP contribution is 2.34. The van der Waals surface area contributed by atoms with Gasteiger partial charge in [0.15, 0.2) is 0 Å². The normalized spacial score (nSPS) is 18.8. The van der Waals surface area contributed by atoms with Crippen molar-refractivity contribution in [3.05, 3.63) is 41.9 Å². The maximum atomic E-state index is 13.2. The molecule has 1 N–H and O–H groups in total. The molecule has 158 valence electrons. The molecule has 1 atom stereocenters. The van der Waals surface area contributed by atoms with Crippen LogP contribution in [0.5, 0.6) is 0 Å². The summed E-state index contributed by atoms with van der Waals surface area (Å²) in [7, 11) is -0.611. The van der Waals surface area contributed by atoms with Crippen molar-refractivity contribution in [3.63, 3.8) is 0 Å². The van der Waals surface area contributed by atoms with E-state index in [4.69, 9.17) is 0 Å². The Morgan fingerprint density at radius 2 is 1.97 bits per heavy atom. The highest BCUT2D eigenvalue weighted by molar-refractivity contribution is 7.86. The molecule has 1 aliphatic heterocycles. The summed E-state index contributed by atoms with van der Waals surface area (Å²) in [6.45, 7) is 0.657. The van der Waals surface area contributed by atoms with Crippen molar-refractivity contribution in [2.24, 2.45) is 0 Å². The molecule has 0 spiro atoms. The molecule has 29 heavy (non-hydrogen) atoms. The minimum Gasteiger partial charge on any atom is -0.308 e. The first kappa shape index (κ1) is 21.4. The molecule has 8 nitrogen and oxygen atoms in total. The van der Waals surface area contributed by atoms with E-state index in [2.05, 4.69) is 20.3 Å². The monoisotopic (exact) mass is 430 g/mol. The highest BCUT2D eigenvalue weighted by Gasteiger charge is 2.35. The van der Waals surface area contributed by atoms with Gasteiger partial charge in [-0.3, -0.25) is 0 Å². The Morgan fingerprint density at radius 3 is 2.66 bits per heavy atom. The fourth-order valence-corrected chi connectivity index (χ4v) is 4.31. The first-order valence-corrected chi connectivity index (χ1v) is 10.3. The molecule has 0 radical (unpaired) electrons. The molecule has 0 aliphatic carbocycles. The van der Waals surface area contributed by atoms with Gasteiger partial charge in [0, 0.05) is 45.5 Å². The standard InChI is InChI=1S/C17H21F3N6O2S/c1-25(2)29(27,28)26-10-4-5-12(11-26)14-7-9-22-16(23-14)24-15-13(17(18,19)20)6-3-8-21-15/h3,6-9,12H,4-5,10-11H2,1-2H3,(H,21,22,23,24). The molecule has 1 fully saturated rings. The van der Waals surface area contributed by atoms with Crippen molar-refractivity contribution in [2.75, 3.05) is 32.5 Å². The second-order valence-corrected chi connectivity index (χ2v) is 8.96. The van der Waals surface area contributed by atoms with Crippen molar-refractivity contribution in [1.82, 2.24) is 23.6 Å². The van der Waals surface area contributed by atoms with Gasteiger partial charge in [0.2, 0.25) is 5.95 Å². The summed E-state index contributed by atoms with van der Waals surface area (Å²) >= 11 is 0. The van der Waals surface area contributed by atoms with Crippen molar-refractivity contribution in [3.8, 4) is 0 Å². The molecular weight excluding hydrogens is 409 g/mol. The summed E-state index contributed by atoms with van der Waals surface area (Å²) < 4.78 is 66.8. The van der Waals surface area contributed by atoms with Crippen LogP contribution >= 0.6 is 0 Å². The molecule has 2 aromatic heterocycles. The quantitative estimate of drug-likeness (QED) is 0.784. The Balaban J connectivity index is 1.82. The van der Waals surface area contributed by atoms with Gasteiger partial charge in [-0.15, -0.1) is 0 Å². The molecule has 0 amide bonds. The van der Waals surface area contributed by atoms with E-state index in [0.717, 1.165) is 10.4 Å². The van der Waals surface area contributed by atoms with Gasteiger partial charge in [0.05, 0.1) is 11.3 Å². The largest absolute Gasteiger partial charge is 0.419 e. The van der Waals surface area contributed by atoms with Crippen LogP contribution in [-0.4, -0.2) is 59.2 Å². The first-order valence-electron chi connectivity index (χ1n) is 8.89. The number of anilines is 2. The van der Waals surface area contributed by atoms with Gasteiger partial charge < -0.3 is 5.32 Å². The van der Waals surface area contributed by atoms with E-state index in [1.54, 1.807) is 6.07 Å². The predicted molar refractivity (Wildman–Crippen MR) is 101 cm³/mol. The molecule has 1 unspecified atom stereocenters. The third-order valence-corrected chi connectivity index (χ3v) is 6.52. The Kier molecular flexibility index (Phi) is 6.05. The average Bonchev–Trinajstić information content (AvgIpc) is 2.68. The van der Waals surface area contributed by atoms with Crippen molar-refractivity contribution < 1.29 is 21.6 Å². The summed E-state index contributed by atoms with van der Waals surface area (Å²) in [4.78, 5) is 12.0. The van der Waals surface area contributed by atoms with Crippen LogP contribution in [0.15, 0.2) is 30.6 Å². The zero-order valence-corrected chi connectivity index (χ0v) is 16.7. The Morgan fingerprint density at radius 1 is 1.21 bits per heavy atom. The van der Waals surface area contributed by atoms with E-state index in [0.29, 0.717) is 25.1 Å². The fraction of sp³-hybridized carbons (Fsp3) is 0.471. The van der Waals surface area contributed by atoms with Gasteiger partial charge in [-0.2, -0.15) is 30.2 Å². The smallest absolute Gasteiger partial charge is 0.308 e. The molecule has 1 saturated heterocycles. The Labute approximate surface area is 167 Å². The predicted octanol–water partition coefficient (Wildman–Crippen LogP) is 2.62. The van der Waals surface area contributed by atoms with Gasteiger partial charge >= 0.3 is 6.18 Å². The number of alkyl halides is 3. The maximum Gasteiger partial charge on any atom is 0.419 e. The zero-order chi connectivity index (χ0) is 21.2. The van der Waals surface area contributed by atoms with Gasteiger partial charge in [0.25, 0.3) is 10.2 Å². The van der Waals surface area contributed by atoms with Crippen LogP contribution in [0, 0.1) is 0 Å². The number of nitrogens with zero attached hydrogens (tertiary/aromatic N) is 5. The molecule has 12 heteroatoms. The van der Waals surface area contributed by atoms with Gasteiger partial charge in [-0.05, 0) is 31.0 Å². The van der Waals surface area contributed by atoms with Gasteiger partial charge in [0.1, 0.15) is 5.82 Å². The Bertz CT molecular complexity index is 968. The van der Waals surface area contributed by atoms with Crippen LogP contribution < -0.4 is 5.32 Å². The number of piperidine rings is 1. The van der Waals surface area contributed by atoms with E-state index in [1.165, 1.54) is 36.9 Å². The molecule has 1 aliphatic rings. The number of hydrogen-bond acceptors (Lipinski definition) is 6. The highest BCUT2D eigenvalue weighted by atomic mass is 32.2. The SMILES string of the molecule is CN(C)S(=O)(=O)N1CCCC(c2ccnc(Nc3ncccc3C(F)(F)F)n2)C1. The summed E-state index contributed by atoms with van der Waals surface area (Å²) in [5.74, 6) is -0.607. The molecule has 0 saturated carbocycles. The molecule has 2 aromatic rings. The van der Waals surface area contributed by atoms with Crippen molar-refractivity contribution in [2.45, 2.75) is 24.9 Å². The zero-order valence-electron chi connectivity index (χ0n) is 15.9. The molecule has 0 bridgehead atoms. The van der Waals surface area contributed by atoms with Crippen molar-refractivity contribution >= 4 is 22.0 Å². The number of nitrogens with one attached hydrogen (secondary N) is 1. The van der Waals surface area contributed by atoms with Crippen LogP contribution in [0.4, 0.5) is 24.9 Å². The van der Waals surface area contributed by atoms with E-state index < -0.39 is 27.8 Å². The van der Waals surface area contributed by atoms with Crippen LogP contribution in [0.25, 0.3) is 0 Å². The summed E-state index contributed by atoms with van der Waals surface area (Å²) in [5, 5.41) is 2.52. The lowest BCUT2D eigenvalue weighted by Crippen LogP contribution is -2.45. The number of rotatable bonds is 5. The van der Waals surface area contributed by atoms with E-state index >= 15 is 0 Å². The molecule has 3 heterocycles. The number of halogens is 3. The van der Waals surface area contributed by atoms with E-state index in [1.807, 2.05) is 0 Å². The maximum absolute atomic E-state index is 13.2. The first-order chi connectivity index (χ1) is 13.6. The summed E-state index contributed by atoms with van der Waals surface area (Å²) in [6, 6.07) is 3.77. The topological polar surface area (TPSA) is 91.3 Å². The van der Waals surface area contributed by atoms with Crippen LogP contribution in [0.1, 0.15) is 30.0 Å². The Hall–Kier alpha value is -2.31. The number of aromatic nitrogens is 3. The van der Waals surface area contributed by atoms with Gasteiger partial charge in [-0.1, -0.05) is 0 Å². The molecular formula is C17H21F3N6O2S. The second kappa shape index (κ2) is 8.20.